The lowest BCUT2D eigenvalue weighted by Gasteiger charge is -2.20. The molecule has 0 bridgehead atoms. The van der Waals surface area contributed by atoms with Gasteiger partial charge >= 0.3 is 5.97 Å². The van der Waals surface area contributed by atoms with Crippen LogP contribution in [-0.4, -0.2) is 43.2 Å². The van der Waals surface area contributed by atoms with E-state index in [1.807, 2.05) is 6.92 Å². The first kappa shape index (κ1) is 15.6. The Balaban J connectivity index is 2.11. The number of aromatic nitrogens is 4. The van der Waals surface area contributed by atoms with Gasteiger partial charge in [-0.05, 0) is 40.6 Å². The maximum Gasteiger partial charge on any atom is 0.326 e. The number of carbonyl (C=O) groups is 2. The van der Waals surface area contributed by atoms with Crippen molar-refractivity contribution >= 4 is 11.9 Å². The van der Waals surface area contributed by atoms with E-state index in [4.69, 9.17) is 0 Å². The molecule has 8 heteroatoms. The van der Waals surface area contributed by atoms with Gasteiger partial charge in [-0.25, -0.2) is 9.48 Å². The lowest BCUT2D eigenvalue weighted by molar-refractivity contribution is -0.140. The zero-order chi connectivity index (χ0) is 16.1. The molecule has 2 aromatic rings. The fraction of sp³-hybridized carbons (Fsp3) is 0.357. The molecule has 1 aromatic heterocycles. The van der Waals surface area contributed by atoms with Crippen LogP contribution in [0, 0.1) is 5.92 Å². The first-order chi connectivity index (χ1) is 10.5. The van der Waals surface area contributed by atoms with Crippen LogP contribution in [0.2, 0.25) is 0 Å². The third kappa shape index (κ3) is 3.46. The summed E-state index contributed by atoms with van der Waals surface area (Å²) in [5.74, 6) is -1.61. The van der Waals surface area contributed by atoms with E-state index in [0.29, 0.717) is 17.7 Å². The van der Waals surface area contributed by atoms with Gasteiger partial charge in [-0.15, -0.1) is 5.10 Å². The SMILES string of the molecule is CC[C@H](C)[C@H](NC(=O)c1ccc(-n2cnnn2)cc1)C(=O)O. The highest BCUT2D eigenvalue weighted by Crippen LogP contribution is 2.11. The van der Waals surface area contributed by atoms with Crippen molar-refractivity contribution in [3.05, 3.63) is 36.2 Å². The zero-order valence-corrected chi connectivity index (χ0v) is 12.3. The number of hydrogen-bond donors (Lipinski definition) is 2. The van der Waals surface area contributed by atoms with Crippen molar-refractivity contribution in [1.82, 2.24) is 25.5 Å². The molecule has 2 N–H and O–H groups in total. The van der Waals surface area contributed by atoms with Crippen molar-refractivity contribution in [1.29, 1.82) is 0 Å². The third-order valence-electron chi connectivity index (χ3n) is 3.51. The van der Waals surface area contributed by atoms with E-state index in [0.717, 1.165) is 0 Å². The summed E-state index contributed by atoms with van der Waals surface area (Å²) in [4.78, 5) is 23.4. The molecule has 0 saturated heterocycles. The molecule has 0 aliphatic rings. The molecule has 0 aliphatic carbocycles. The molecule has 1 heterocycles. The quantitative estimate of drug-likeness (QED) is 0.820. The van der Waals surface area contributed by atoms with Crippen molar-refractivity contribution in [3.8, 4) is 5.69 Å². The smallest absolute Gasteiger partial charge is 0.326 e. The summed E-state index contributed by atoms with van der Waals surface area (Å²) in [5, 5.41) is 22.6. The van der Waals surface area contributed by atoms with E-state index in [9.17, 15) is 14.7 Å². The molecule has 0 radical (unpaired) electrons. The molecular weight excluding hydrogens is 286 g/mol. The van der Waals surface area contributed by atoms with E-state index in [1.54, 1.807) is 31.2 Å². The van der Waals surface area contributed by atoms with E-state index in [-0.39, 0.29) is 5.92 Å². The minimum Gasteiger partial charge on any atom is -0.480 e. The summed E-state index contributed by atoms with van der Waals surface area (Å²) in [6, 6.07) is 5.66. The number of nitrogens with zero attached hydrogens (tertiary/aromatic N) is 4. The molecule has 0 fully saturated rings. The topological polar surface area (TPSA) is 110 Å². The average Bonchev–Trinajstić information content (AvgIpc) is 3.06. The Labute approximate surface area is 127 Å². The molecule has 0 spiro atoms. The predicted molar refractivity (Wildman–Crippen MR) is 77.5 cm³/mol. The monoisotopic (exact) mass is 303 g/mol. The number of tetrazole rings is 1. The second kappa shape index (κ2) is 6.79. The van der Waals surface area contributed by atoms with E-state index < -0.39 is 17.9 Å². The number of nitrogens with one attached hydrogen (secondary N) is 1. The van der Waals surface area contributed by atoms with E-state index in [2.05, 4.69) is 20.8 Å². The molecule has 2 rings (SSSR count). The molecule has 0 aliphatic heterocycles. The van der Waals surface area contributed by atoms with Gasteiger partial charge in [0.05, 0.1) is 5.69 Å². The maximum atomic E-state index is 12.2. The van der Waals surface area contributed by atoms with Crippen LogP contribution in [0.4, 0.5) is 0 Å². The molecule has 1 amide bonds. The van der Waals surface area contributed by atoms with E-state index in [1.165, 1.54) is 11.0 Å². The van der Waals surface area contributed by atoms with Crippen LogP contribution < -0.4 is 5.32 Å². The normalized spacial score (nSPS) is 13.4. The van der Waals surface area contributed by atoms with Gasteiger partial charge in [0.25, 0.3) is 5.91 Å². The van der Waals surface area contributed by atoms with Crippen molar-refractivity contribution < 1.29 is 14.7 Å². The van der Waals surface area contributed by atoms with Crippen LogP contribution in [0.5, 0.6) is 0 Å². The van der Waals surface area contributed by atoms with Crippen LogP contribution in [0.1, 0.15) is 30.6 Å². The Morgan fingerprint density at radius 3 is 2.50 bits per heavy atom. The highest BCUT2D eigenvalue weighted by Gasteiger charge is 2.25. The highest BCUT2D eigenvalue weighted by atomic mass is 16.4. The third-order valence-corrected chi connectivity index (χ3v) is 3.51. The van der Waals surface area contributed by atoms with Crippen molar-refractivity contribution in [2.24, 2.45) is 5.92 Å². The first-order valence-electron chi connectivity index (χ1n) is 6.90. The Bertz CT molecular complexity index is 639. The number of benzene rings is 1. The molecule has 116 valence electrons. The zero-order valence-electron chi connectivity index (χ0n) is 12.3. The molecule has 2 atom stereocenters. The minimum absolute atomic E-state index is 0.151. The maximum absolute atomic E-state index is 12.2. The van der Waals surface area contributed by atoms with Gasteiger partial charge in [0.1, 0.15) is 12.4 Å². The van der Waals surface area contributed by atoms with Gasteiger partial charge < -0.3 is 10.4 Å². The summed E-state index contributed by atoms with van der Waals surface area (Å²) >= 11 is 0. The number of carboxylic acids is 1. The van der Waals surface area contributed by atoms with Crippen molar-refractivity contribution in [3.63, 3.8) is 0 Å². The van der Waals surface area contributed by atoms with Crippen LogP contribution >= 0.6 is 0 Å². The van der Waals surface area contributed by atoms with E-state index >= 15 is 0 Å². The summed E-state index contributed by atoms with van der Waals surface area (Å²) < 4.78 is 1.46. The minimum atomic E-state index is -1.03. The second-order valence-corrected chi connectivity index (χ2v) is 4.98. The second-order valence-electron chi connectivity index (χ2n) is 4.98. The number of carboxylic acid groups (broad SMARTS) is 1. The lowest BCUT2D eigenvalue weighted by Crippen LogP contribution is -2.45. The Morgan fingerprint density at radius 2 is 2.00 bits per heavy atom. The largest absolute Gasteiger partial charge is 0.480 e. The summed E-state index contributed by atoms with van der Waals surface area (Å²) in [5.41, 5.74) is 1.09. The summed E-state index contributed by atoms with van der Waals surface area (Å²) in [7, 11) is 0. The first-order valence-corrected chi connectivity index (χ1v) is 6.90. The Hall–Kier alpha value is -2.77. The van der Waals surface area contributed by atoms with Crippen LogP contribution in [0.15, 0.2) is 30.6 Å². The van der Waals surface area contributed by atoms with Gasteiger partial charge in [-0.1, -0.05) is 20.3 Å². The van der Waals surface area contributed by atoms with Crippen molar-refractivity contribution in [2.45, 2.75) is 26.3 Å². The summed E-state index contributed by atoms with van der Waals surface area (Å²) in [6.45, 7) is 3.67. The van der Waals surface area contributed by atoms with Gasteiger partial charge in [0.15, 0.2) is 0 Å². The van der Waals surface area contributed by atoms with Gasteiger partial charge in [0.2, 0.25) is 0 Å². The van der Waals surface area contributed by atoms with Crippen LogP contribution in [0.25, 0.3) is 5.69 Å². The number of rotatable bonds is 6. The lowest BCUT2D eigenvalue weighted by atomic mass is 9.99. The summed E-state index contributed by atoms with van der Waals surface area (Å²) in [6.07, 6.45) is 2.11. The van der Waals surface area contributed by atoms with Gasteiger partial charge in [-0.3, -0.25) is 4.79 Å². The molecule has 8 nitrogen and oxygen atoms in total. The van der Waals surface area contributed by atoms with Gasteiger partial charge in [0, 0.05) is 5.56 Å². The van der Waals surface area contributed by atoms with Gasteiger partial charge in [-0.2, -0.15) is 0 Å². The number of aliphatic carboxylic acids is 1. The fourth-order valence-corrected chi connectivity index (χ4v) is 1.95. The Morgan fingerprint density at radius 1 is 1.32 bits per heavy atom. The predicted octanol–water partition coefficient (Wildman–Crippen LogP) is 0.891. The van der Waals surface area contributed by atoms with Crippen LogP contribution in [-0.2, 0) is 4.79 Å². The Kier molecular flexibility index (Phi) is 4.82. The number of amides is 1. The molecular formula is C14H17N5O3. The molecule has 0 unspecified atom stereocenters. The molecule has 1 aromatic carbocycles. The van der Waals surface area contributed by atoms with Crippen LogP contribution in [0.3, 0.4) is 0 Å². The van der Waals surface area contributed by atoms with Crippen molar-refractivity contribution in [2.75, 3.05) is 0 Å². The standard InChI is InChI=1S/C14H17N5O3/c1-3-9(2)12(14(21)22)16-13(20)10-4-6-11(7-5-10)19-8-15-17-18-19/h4-9,12H,3H2,1-2H3,(H,16,20)(H,21,22)/t9-,12-/m0/s1. The number of hydrogen-bond acceptors (Lipinski definition) is 5. The number of carbonyl (C=O) groups excluding carboxylic acids is 1. The molecule has 0 saturated carbocycles. The highest BCUT2D eigenvalue weighted by molar-refractivity contribution is 5.96. The molecule has 22 heavy (non-hydrogen) atoms. The average molecular weight is 303 g/mol. The fourth-order valence-electron chi connectivity index (χ4n) is 1.95.